The third-order valence-corrected chi connectivity index (χ3v) is 1.48. The molecule has 0 aromatic carbocycles. The Morgan fingerprint density at radius 3 is 2.36 bits per heavy atom. The van der Waals surface area contributed by atoms with Crippen molar-refractivity contribution in [2.45, 2.75) is 12.6 Å². The van der Waals surface area contributed by atoms with Gasteiger partial charge in [-0.25, -0.2) is 0 Å². The lowest BCUT2D eigenvalue weighted by molar-refractivity contribution is 0.0847. The molecule has 0 fully saturated rings. The molecule has 0 unspecified atom stereocenters. The lowest BCUT2D eigenvalue weighted by Gasteiger charge is -2.14. The SMILES string of the molecule is CNC(CCOCCO)NC. The van der Waals surface area contributed by atoms with Crippen LogP contribution in [0.5, 0.6) is 0 Å². The monoisotopic (exact) mass is 162 g/mol. The number of ether oxygens (including phenoxy) is 1. The topological polar surface area (TPSA) is 53.5 Å². The number of rotatable bonds is 7. The summed E-state index contributed by atoms with van der Waals surface area (Å²) in [6.45, 7) is 1.21. The molecule has 0 aromatic heterocycles. The van der Waals surface area contributed by atoms with E-state index in [9.17, 15) is 0 Å². The first-order valence-corrected chi connectivity index (χ1v) is 3.88. The molecule has 3 N–H and O–H groups in total. The van der Waals surface area contributed by atoms with Crippen LogP contribution in [0.3, 0.4) is 0 Å². The van der Waals surface area contributed by atoms with Crippen molar-refractivity contribution in [2.75, 3.05) is 33.9 Å². The molecule has 68 valence electrons. The van der Waals surface area contributed by atoms with Gasteiger partial charge in [-0.1, -0.05) is 0 Å². The number of nitrogens with one attached hydrogen (secondary N) is 2. The summed E-state index contributed by atoms with van der Waals surface area (Å²) in [5.74, 6) is 0. The summed E-state index contributed by atoms with van der Waals surface area (Å²) in [6.07, 6.45) is 1.21. The van der Waals surface area contributed by atoms with E-state index in [0.717, 1.165) is 6.42 Å². The Kier molecular flexibility index (Phi) is 7.83. The Morgan fingerprint density at radius 1 is 1.27 bits per heavy atom. The number of hydrogen-bond donors (Lipinski definition) is 3. The fourth-order valence-corrected chi connectivity index (χ4v) is 0.801. The minimum absolute atomic E-state index is 0.101. The molecule has 11 heavy (non-hydrogen) atoms. The first-order valence-electron chi connectivity index (χ1n) is 3.88. The van der Waals surface area contributed by atoms with Gasteiger partial charge >= 0.3 is 0 Å². The van der Waals surface area contributed by atoms with Crippen LogP contribution in [0.4, 0.5) is 0 Å². The highest BCUT2D eigenvalue weighted by molar-refractivity contribution is 4.56. The predicted molar refractivity (Wildman–Crippen MR) is 44.4 cm³/mol. The molecule has 4 nitrogen and oxygen atoms in total. The molecule has 0 bridgehead atoms. The third-order valence-electron chi connectivity index (χ3n) is 1.48. The van der Waals surface area contributed by atoms with Crippen molar-refractivity contribution in [3.63, 3.8) is 0 Å². The minimum Gasteiger partial charge on any atom is -0.394 e. The molecule has 0 heterocycles. The van der Waals surface area contributed by atoms with Gasteiger partial charge < -0.3 is 20.5 Å². The van der Waals surface area contributed by atoms with Crippen molar-refractivity contribution in [3.8, 4) is 0 Å². The number of hydrogen-bond acceptors (Lipinski definition) is 4. The van der Waals surface area contributed by atoms with Crippen molar-refractivity contribution in [1.29, 1.82) is 0 Å². The molecule has 0 rings (SSSR count). The van der Waals surface area contributed by atoms with Crippen molar-refractivity contribution < 1.29 is 9.84 Å². The van der Waals surface area contributed by atoms with Gasteiger partial charge in [0.25, 0.3) is 0 Å². The van der Waals surface area contributed by atoms with E-state index < -0.39 is 0 Å². The van der Waals surface area contributed by atoms with Crippen LogP contribution in [-0.4, -0.2) is 45.2 Å². The number of aliphatic hydroxyl groups excluding tert-OH is 1. The van der Waals surface area contributed by atoms with Gasteiger partial charge in [0.1, 0.15) is 0 Å². The van der Waals surface area contributed by atoms with E-state index in [4.69, 9.17) is 9.84 Å². The van der Waals surface area contributed by atoms with Crippen LogP contribution < -0.4 is 10.6 Å². The molecule has 0 aliphatic carbocycles. The fraction of sp³-hybridized carbons (Fsp3) is 1.00. The largest absolute Gasteiger partial charge is 0.394 e. The Balaban J connectivity index is 3.07. The Hall–Kier alpha value is -0.160. The molecule has 0 aliphatic rings. The maximum atomic E-state index is 8.39. The summed E-state index contributed by atoms with van der Waals surface area (Å²) in [7, 11) is 3.79. The summed E-state index contributed by atoms with van der Waals surface area (Å²) in [5, 5.41) is 14.5. The molecule has 0 spiro atoms. The van der Waals surface area contributed by atoms with E-state index in [1.807, 2.05) is 14.1 Å². The summed E-state index contributed by atoms with van der Waals surface area (Å²) in [4.78, 5) is 0. The van der Waals surface area contributed by atoms with Gasteiger partial charge in [-0.15, -0.1) is 0 Å². The third kappa shape index (κ3) is 6.25. The molecule has 0 atom stereocenters. The van der Waals surface area contributed by atoms with E-state index >= 15 is 0 Å². The van der Waals surface area contributed by atoms with Crippen LogP contribution in [0, 0.1) is 0 Å². The average Bonchev–Trinajstić information content (AvgIpc) is 2.05. The van der Waals surface area contributed by atoms with Gasteiger partial charge in [0, 0.05) is 6.61 Å². The molecule has 0 aromatic rings. The maximum Gasteiger partial charge on any atom is 0.0697 e. The molecule has 0 saturated carbocycles. The van der Waals surface area contributed by atoms with Crippen molar-refractivity contribution >= 4 is 0 Å². The highest BCUT2D eigenvalue weighted by Gasteiger charge is 2.00. The summed E-state index contributed by atoms with van der Waals surface area (Å²) >= 11 is 0. The Morgan fingerprint density at radius 2 is 1.91 bits per heavy atom. The predicted octanol–water partition coefficient (Wildman–Crippen LogP) is -0.850. The molecule has 0 aliphatic heterocycles. The lowest BCUT2D eigenvalue weighted by Crippen LogP contribution is -2.38. The molecular formula is C7H18N2O2. The van der Waals surface area contributed by atoms with E-state index in [1.165, 1.54) is 0 Å². The summed E-state index contributed by atoms with van der Waals surface area (Å²) < 4.78 is 5.09. The van der Waals surface area contributed by atoms with Gasteiger partial charge in [-0.2, -0.15) is 0 Å². The van der Waals surface area contributed by atoms with Crippen LogP contribution >= 0.6 is 0 Å². The van der Waals surface area contributed by atoms with Crippen molar-refractivity contribution in [2.24, 2.45) is 0 Å². The van der Waals surface area contributed by atoms with Crippen LogP contribution in [0.15, 0.2) is 0 Å². The highest BCUT2D eigenvalue weighted by atomic mass is 16.5. The first-order chi connectivity index (χ1) is 5.35. The van der Waals surface area contributed by atoms with Gasteiger partial charge in [0.15, 0.2) is 0 Å². The zero-order valence-electron chi connectivity index (χ0n) is 7.26. The van der Waals surface area contributed by atoms with Crippen molar-refractivity contribution in [3.05, 3.63) is 0 Å². The second-order valence-corrected chi connectivity index (χ2v) is 2.25. The van der Waals surface area contributed by atoms with Gasteiger partial charge in [0.2, 0.25) is 0 Å². The van der Waals surface area contributed by atoms with E-state index in [-0.39, 0.29) is 6.61 Å². The van der Waals surface area contributed by atoms with Crippen LogP contribution in [-0.2, 0) is 4.74 Å². The summed E-state index contributed by atoms with van der Waals surface area (Å²) in [5.41, 5.74) is 0. The summed E-state index contributed by atoms with van der Waals surface area (Å²) in [6, 6.07) is 0. The van der Waals surface area contributed by atoms with Crippen LogP contribution in [0.1, 0.15) is 6.42 Å². The van der Waals surface area contributed by atoms with E-state index in [1.54, 1.807) is 0 Å². The maximum absolute atomic E-state index is 8.39. The highest BCUT2D eigenvalue weighted by Crippen LogP contribution is 1.86. The quantitative estimate of drug-likeness (QED) is 0.337. The van der Waals surface area contributed by atoms with Crippen molar-refractivity contribution in [1.82, 2.24) is 10.6 Å². The van der Waals surface area contributed by atoms with E-state index in [2.05, 4.69) is 10.6 Å². The molecular weight excluding hydrogens is 144 g/mol. The van der Waals surface area contributed by atoms with Crippen LogP contribution in [0.2, 0.25) is 0 Å². The second kappa shape index (κ2) is 7.94. The normalized spacial score (nSPS) is 10.9. The average molecular weight is 162 g/mol. The zero-order valence-corrected chi connectivity index (χ0v) is 7.26. The van der Waals surface area contributed by atoms with Gasteiger partial charge in [0.05, 0.1) is 19.4 Å². The first kappa shape index (κ1) is 10.8. The van der Waals surface area contributed by atoms with Gasteiger partial charge in [-0.05, 0) is 20.5 Å². The Labute approximate surface area is 67.9 Å². The van der Waals surface area contributed by atoms with E-state index in [0.29, 0.717) is 19.4 Å². The standard InChI is InChI=1S/C7H18N2O2/c1-8-7(9-2)3-5-11-6-4-10/h7-10H,3-6H2,1-2H3. The zero-order chi connectivity index (χ0) is 8.53. The molecule has 4 heteroatoms. The minimum atomic E-state index is 0.101. The smallest absolute Gasteiger partial charge is 0.0697 e. The fourth-order valence-electron chi connectivity index (χ4n) is 0.801. The second-order valence-electron chi connectivity index (χ2n) is 2.25. The molecule has 0 radical (unpaired) electrons. The van der Waals surface area contributed by atoms with Crippen LogP contribution in [0.25, 0.3) is 0 Å². The number of aliphatic hydroxyl groups is 1. The molecule has 0 saturated heterocycles. The lowest BCUT2D eigenvalue weighted by atomic mass is 10.3. The molecule has 0 amide bonds. The van der Waals surface area contributed by atoms with Gasteiger partial charge in [-0.3, -0.25) is 0 Å². The Bertz CT molecular complexity index is 76.8.